The van der Waals surface area contributed by atoms with E-state index in [9.17, 15) is 19.5 Å². The van der Waals surface area contributed by atoms with Crippen LogP contribution < -0.4 is 5.32 Å². The third-order valence-electron chi connectivity index (χ3n) is 3.05. The van der Waals surface area contributed by atoms with Gasteiger partial charge in [0.15, 0.2) is 0 Å². The van der Waals surface area contributed by atoms with Crippen LogP contribution in [0.15, 0.2) is 24.3 Å². The Morgan fingerprint density at radius 3 is 2.14 bits per heavy atom. The number of hydrogen-bond donors (Lipinski definition) is 3. The van der Waals surface area contributed by atoms with Gasteiger partial charge in [-0.25, -0.2) is 9.59 Å². The van der Waals surface area contributed by atoms with Gasteiger partial charge >= 0.3 is 11.9 Å². The number of rotatable bonds is 7. The van der Waals surface area contributed by atoms with Gasteiger partial charge in [-0.1, -0.05) is 24.3 Å². The Bertz CT molecular complexity index is 554. The van der Waals surface area contributed by atoms with Gasteiger partial charge in [0.1, 0.15) is 0 Å². The lowest BCUT2D eigenvalue weighted by molar-refractivity contribution is -0.164. The Balaban J connectivity index is 3.18. The number of carboxylic acid groups (broad SMARTS) is 1. The highest BCUT2D eigenvalue weighted by atomic mass is 16.5. The number of amides is 1. The van der Waals surface area contributed by atoms with Crippen LogP contribution in [0.1, 0.15) is 25.0 Å². The molecule has 120 valence electrons. The fraction of sp³-hybridized carbons (Fsp3) is 0.400. The molecule has 1 atom stereocenters. The lowest BCUT2D eigenvalue weighted by Gasteiger charge is -2.27. The fourth-order valence-corrected chi connectivity index (χ4v) is 2.01. The smallest absolute Gasteiger partial charge is 0.344 e. The van der Waals surface area contributed by atoms with Gasteiger partial charge in [0.05, 0.1) is 13.2 Å². The molecular formula is C15H19NO6. The number of benzene rings is 1. The highest BCUT2D eigenvalue weighted by Gasteiger charge is 2.48. The molecule has 1 aromatic carbocycles. The van der Waals surface area contributed by atoms with Crippen molar-refractivity contribution in [3.63, 3.8) is 0 Å². The van der Waals surface area contributed by atoms with E-state index in [1.165, 1.54) is 0 Å². The molecule has 0 aliphatic heterocycles. The minimum atomic E-state index is -2.18. The van der Waals surface area contributed by atoms with Gasteiger partial charge in [-0.2, -0.15) is 0 Å². The van der Waals surface area contributed by atoms with Crippen molar-refractivity contribution in [3.05, 3.63) is 35.4 Å². The lowest BCUT2D eigenvalue weighted by atomic mass is 9.90. The van der Waals surface area contributed by atoms with Crippen molar-refractivity contribution in [3.8, 4) is 0 Å². The standard InChI is InChI=1S/C15H19NO6/c1-3-22-14(21)15(13(19)20,16-10(2)18)8-11-4-6-12(9-17)7-5-11/h4-7,17H,3,8-9H2,1-2H3,(H,16,18)(H,19,20). The zero-order valence-corrected chi connectivity index (χ0v) is 12.5. The number of carboxylic acids is 1. The Labute approximate surface area is 127 Å². The second-order valence-corrected chi connectivity index (χ2v) is 4.76. The first-order valence-electron chi connectivity index (χ1n) is 6.73. The molecule has 1 rings (SSSR count). The number of esters is 1. The van der Waals surface area contributed by atoms with Gasteiger partial charge in [0, 0.05) is 13.3 Å². The van der Waals surface area contributed by atoms with Crippen LogP contribution in [-0.2, 0) is 32.1 Å². The summed E-state index contributed by atoms with van der Waals surface area (Å²) in [5.41, 5.74) is -1.01. The Kier molecular flexibility index (Phi) is 6.06. The zero-order chi connectivity index (χ0) is 16.8. The second-order valence-electron chi connectivity index (χ2n) is 4.76. The molecule has 0 aliphatic rings. The average Bonchev–Trinajstić information content (AvgIpc) is 2.46. The Morgan fingerprint density at radius 1 is 1.18 bits per heavy atom. The van der Waals surface area contributed by atoms with Crippen molar-refractivity contribution in [2.45, 2.75) is 32.4 Å². The SMILES string of the molecule is CCOC(=O)C(Cc1ccc(CO)cc1)(NC(C)=O)C(=O)O. The fourth-order valence-electron chi connectivity index (χ4n) is 2.01. The second kappa shape index (κ2) is 7.56. The molecule has 3 N–H and O–H groups in total. The Morgan fingerprint density at radius 2 is 1.73 bits per heavy atom. The molecule has 0 aliphatic carbocycles. The van der Waals surface area contributed by atoms with E-state index in [1.807, 2.05) is 0 Å². The summed E-state index contributed by atoms with van der Waals surface area (Å²) >= 11 is 0. The predicted molar refractivity (Wildman–Crippen MR) is 76.9 cm³/mol. The van der Waals surface area contributed by atoms with Crippen molar-refractivity contribution in [2.75, 3.05) is 6.61 Å². The maximum atomic E-state index is 12.1. The van der Waals surface area contributed by atoms with E-state index in [0.717, 1.165) is 6.92 Å². The first-order chi connectivity index (χ1) is 10.4. The quantitative estimate of drug-likeness (QED) is 0.491. The zero-order valence-electron chi connectivity index (χ0n) is 12.5. The molecule has 0 saturated heterocycles. The van der Waals surface area contributed by atoms with Crippen LogP contribution in [0, 0.1) is 0 Å². The number of aliphatic hydroxyl groups is 1. The summed E-state index contributed by atoms with van der Waals surface area (Å²) in [6.07, 6.45) is -0.257. The van der Waals surface area contributed by atoms with Gasteiger partial charge in [-0.3, -0.25) is 4.79 Å². The molecule has 0 saturated carbocycles. The molecule has 0 bridgehead atoms. The van der Waals surface area contributed by atoms with Crippen LogP contribution in [-0.4, -0.2) is 40.2 Å². The molecule has 0 spiro atoms. The van der Waals surface area contributed by atoms with Crippen molar-refractivity contribution in [2.24, 2.45) is 0 Å². The largest absolute Gasteiger partial charge is 0.479 e. The summed E-state index contributed by atoms with van der Waals surface area (Å²) in [6, 6.07) is 6.40. The third kappa shape index (κ3) is 4.05. The highest BCUT2D eigenvalue weighted by molar-refractivity contribution is 6.07. The third-order valence-corrected chi connectivity index (χ3v) is 3.05. The number of nitrogens with one attached hydrogen (secondary N) is 1. The monoisotopic (exact) mass is 309 g/mol. The van der Waals surface area contributed by atoms with Crippen LogP contribution in [0.3, 0.4) is 0 Å². The van der Waals surface area contributed by atoms with Crippen LogP contribution in [0.5, 0.6) is 0 Å². The van der Waals surface area contributed by atoms with Gasteiger partial charge in [-0.15, -0.1) is 0 Å². The molecule has 1 aromatic rings. The molecule has 0 aromatic heterocycles. The van der Waals surface area contributed by atoms with Crippen molar-refractivity contribution >= 4 is 17.8 Å². The summed E-state index contributed by atoms with van der Waals surface area (Å²) in [6.45, 7) is 2.53. The molecule has 0 heterocycles. The lowest BCUT2D eigenvalue weighted by Crippen LogP contribution is -2.61. The van der Waals surface area contributed by atoms with Gasteiger partial charge < -0.3 is 20.3 Å². The number of ether oxygens (including phenoxy) is 1. The molecule has 7 heteroatoms. The highest BCUT2D eigenvalue weighted by Crippen LogP contribution is 2.18. The maximum Gasteiger partial charge on any atom is 0.344 e. The van der Waals surface area contributed by atoms with Gasteiger partial charge in [0.2, 0.25) is 11.4 Å². The van der Waals surface area contributed by atoms with Gasteiger partial charge in [-0.05, 0) is 18.1 Å². The van der Waals surface area contributed by atoms with Crippen LogP contribution in [0.2, 0.25) is 0 Å². The first kappa shape index (κ1) is 17.6. The molecule has 1 amide bonds. The topological polar surface area (TPSA) is 113 Å². The number of carbonyl (C=O) groups is 3. The van der Waals surface area contributed by atoms with E-state index in [0.29, 0.717) is 11.1 Å². The van der Waals surface area contributed by atoms with Crippen LogP contribution >= 0.6 is 0 Å². The summed E-state index contributed by atoms with van der Waals surface area (Å²) in [5, 5.41) is 20.7. The normalized spacial score (nSPS) is 13.0. The predicted octanol–water partition coefficient (Wildman–Crippen LogP) is 0.244. The molecule has 0 radical (unpaired) electrons. The van der Waals surface area contributed by atoms with E-state index in [-0.39, 0.29) is 19.6 Å². The number of aliphatic hydroxyl groups excluding tert-OH is 1. The number of carbonyl (C=O) groups excluding carboxylic acids is 2. The summed E-state index contributed by atoms with van der Waals surface area (Å²) in [7, 11) is 0. The van der Waals surface area contributed by atoms with Crippen LogP contribution in [0.25, 0.3) is 0 Å². The van der Waals surface area contributed by atoms with E-state index in [1.54, 1.807) is 31.2 Å². The van der Waals surface area contributed by atoms with Crippen molar-refractivity contribution in [1.29, 1.82) is 0 Å². The van der Waals surface area contributed by atoms with Crippen LogP contribution in [0.4, 0.5) is 0 Å². The summed E-state index contributed by atoms with van der Waals surface area (Å²) in [5.74, 6) is -3.17. The van der Waals surface area contributed by atoms with Crippen molar-refractivity contribution < 1.29 is 29.3 Å². The molecule has 7 nitrogen and oxygen atoms in total. The van der Waals surface area contributed by atoms with Gasteiger partial charge in [0.25, 0.3) is 0 Å². The number of hydrogen-bond acceptors (Lipinski definition) is 5. The minimum Gasteiger partial charge on any atom is -0.479 e. The van der Waals surface area contributed by atoms with E-state index >= 15 is 0 Å². The van der Waals surface area contributed by atoms with Crippen molar-refractivity contribution in [1.82, 2.24) is 5.32 Å². The molecular weight excluding hydrogens is 290 g/mol. The molecule has 0 fully saturated rings. The number of aliphatic carboxylic acids is 1. The molecule has 1 unspecified atom stereocenters. The summed E-state index contributed by atoms with van der Waals surface area (Å²) < 4.78 is 4.81. The average molecular weight is 309 g/mol. The molecule has 22 heavy (non-hydrogen) atoms. The first-order valence-corrected chi connectivity index (χ1v) is 6.73. The summed E-state index contributed by atoms with van der Waals surface area (Å²) in [4.78, 5) is 35.1. The van der Waals surface area contributed by atoms with E-state index < -0.39 is 23.4 Å². The maximum absolute atomic E-state index is 12.1. The Hall–Kier alpha value is -2.41. The van der Waals surface area contributed by atoms with E-state index in [2.05, 4.69) is 5.32 Å². The minimum absolute atomic E-state index is 0.00308. The van der Waals surface area contributed by atoms with E-state index in [4.69, 9.17) is 9.84 Å².